The highest BCUT2D eigenvalue weighted by Gasteiger charge is 2.11. The minimum absolute atomic E-state index is 0.452. The minimum atomic E-state index is 0.452. The van der Waals surface area contributed by atoms with Gasteiger partial charge in [-0.25, -0.2) is 4.98 Å². The third-order valence-corrected chi connectivity index (χ3v) is 3.96. The first-order valence-electron chi connectivity index (χ1n) is 5.76. The molecule has 2 N–H and O–H groups in total. The van der Waals surface area contributed by atoms with Crippen molar-refractivity contribution in [3.05, 3.63) is 51.5 Å². The van der Waals surface area contributed by atoms with Crippen molar-refractivity contribution < 1.29 is 0 Å². The van der Waals surface area contributed by atoms with Crippen molar-refractivity contribution in [2.24, 2.45) is 0 Å². The summed E-state index contributed by atoms with van der Waals surface area (Å²) in [5, 5.41) is 0.716. The van der Waals surface area contributed by atoms with E-state index in [1.165, 1.54) is 0 Å². The van der Waals surface area contributed by atoms with E-state index < -0.39 is 0 Å². The van der Waals surface area contributed by atoms with Gasteiger partial charge in [-0.15, -0.1) is 0 Å². The second kappa shape index (κ2) is 4.54. The van der Waals surface area contributed by atoms with Crippen molar-refractivity contribution in [1.29, 1.82) is 0 Å². The van der Waals surface area contributed by atoms with Crippen molar-refractivity contribution in [1.82, 2.24) is 9.55 Å². The van der Waals surface area contributed by atoms with Crippen LogP contribution in [0.5, 0.6) is 0 Å². The molecule has 96 valence electrons. The van der Waals surface area contributed by atoms with Crippen molar-refractivity contribution in [2.75, 3.05) is 5.73 Å². The summed E-state index contributed by atoms with van der Waals surface area (Å²) in [7, 11) is 0. The number of nitrogens with zero attached hydrogens (tertiary/aromatic N) is 2. The lowest BCUT2D eigenvalue weighted by atomic mass is 10.2. The summed E-state index contributed by atoms with van der Waals surface area (Å²) < 4.78 is 2.88. The van der Waals surface area contributed by atoms with Crippen LogP contribution in [0.25, 0.3) is 16.7 Å². The molecule has 0 radical (unpaired) electrons. The topological polar surface area (TPSA) is 43.8 Å². The Labute approximate surface area is 124 Å². The van der Waals surface area contributed by atoms with Gasteiger partial charge in [-0.3, -0.25) is 4.57 Å². The van der Waals surface area contributed by atoms with Crippen molar-refractivity contribution in [2.45, 2.75) is 6.92 Å². The highest BCUT2D eigenvalue weighted by molar-refractivity contribution is 9.10. The van der Waals surface area contributed by atoms with Gasteiger partial charge in [-0.05, 0) is 42.8 Å². The Morgan fingerprint density at radius 2 is 2.00 bits per heavy atom. The van der Waals surface area contributed by atoms with E-state index in [2.05, 4.69) is 20.9 Å². The number of hydrogen-bond acceptors (Lipinski definition) is 2. The lowest BCUT2D eigenvalue weighted by Crippen LogP contribution is -2.00. The molecule has 0 atom stereocenters. The van der Waals surface area contributed by atoms with Crippen LogP contribution in [0.15, 0.2) is 40.9 Å². The molecule has 3 nitrogen and oxygen atoms in total. The van der Waals surface area contributed by atoms with Gasteiger partial charge in [-0.2, -0.15) is 0 Å². The van der Waals surface area contributed by atoms with Crippen LogP contribution in [-0.2, 0) is 0 Å². The molecular weight excluding hydrogens is 326 g/mol. The average Bonchev–Trinajstić information content (AvgIpc) is 2.68. The average molecular weight is 337 g/mol. The van der Waals surface area contributed by atoms with Gasteiger partial charge < -0.3 is 5.73 Å². The normalized spacial score (nSPS) is 11.1. The molecule has 0 saturated carbocycles. The quantitative estimate of drug-likeness (QED) is 0.718. The van der Waals surface area contributed by atoms with E-state index in [9.17, 15) is 0 Å². The zero-order chi connectivity index (χ0) is 13.6. The van der Waals surface area contributed by atoms with Gasteiger partial charge >= 0.3 is 0 Å². The highest BCUT2D eigenvalue weighted by Crippen LogP contribution is 2.28. The fourth-order valence-corrected chi connectivity index (χ4v) is 2.58. The van der Waals surface area contributed by atoms with Gasteiger partial charge in [0.2, 0.25) is 5.95 Å². The molecule has 1 aromatic heterocycles. The fraction of sp³-hybridized carbons (Fsp3) is 0.0714. The van der Waals surface area contributed by atoms with Crippen LogP contribution >= 0.6 is 27.5 Å². The zero-order valence-electron chi connectivity index (χ0n) is 10.2. The summed E-state index contributed by atoms with van der Waals surface area (Å²) in [6.07, 6.45) is 0. The van der Waals surface area contributed by atoms with E-state index in [0.717, 1.165) is 26.8 Å². The number of anilines is 1. The van der Waals surface area contributed by atoms with Crippen LogP contribution in [0.1, 0.15) is 5.56 Å². The molecule has 5 heteroatoms. The molecule has 19 heavy (non-hydrogen) atoms. The Kier molecular flexibility index (Phi) is 2.99. The Bertz CT molecular complexity index is 780. The van der Waals surface area contributed by atoms with E-state index in [1.54, 1.807) is 0 Å². The van der Waals surface area contributed by atoms with Gasteiger partial charge in [0, 0.05) is 9.50 Å². The number of fused-ring (bicyclic) bond motifs is 1. The zero-order valence-corrected chi connectivity index (χ0v) is 12.5. The summed E-state index contributed by atoms with van der Waals surface area (Å²) in [6.45, 7) is 1.97. The molecule has 3 aromatic rings. The van der Waals surface area contributed by atoms with Crippen LogP contribution in [0.2, 0.25) is 5.02 Å². The van der Waals surface area contributed by atoms with E-state index in [1.807, 2.05) is 47.9 Å². The summed E-state index contributed by atoms with van der Waals surface area (Å²) in [5.74, 6) is 0.452. The number of aryl methyl sites for hydroxylation is 1. The molecule has 0 aliphatic carbocycles. The first-order valence-corrected chi connectivity index (χ1v) is 6.93. The van der Waals surface area contributed by atoms with Crippen molar-refractivity contribution >= 4 is 44.5 Å². The molecular formula is C14H11BrClN3. The molecule has 0 fully saturated rings. The van der Waals surface area contributed by atoms with E-state index >= 15 is 0 Å². The largest absolute Gasteiger partial charge is 0.369 e. The van der Waals surface area contributed by atoms with Gasteiger partial charge in [0.25, 0.3) is 0 Å². The molecule has 1 heterocycles. The second-order valence-electron chi connectivity index (χ2n) is 4.37. The van der Waals surface area contributed by atoms with Crippen LogP contribution in [0, 0.1) is 6.92 Å². The standard InChI is InChI=1S/C14H11BrClN3/c1-8-2-4-10(7-11(8)16)19-13-6-9(15)3-5-12(13)18-14(19)17/h2-7H,1H3,(H2,17,18). The summed E-state index contributed by atoms with van der Waals surface area (Å²) >= 11 is 9.65. The third-order valence-electron chi connectivity index (χ3n) is 3.06. The van der Waals surface area contributed by atoms with Crippen molar-refractivity contribution in [3.63, 3.8) is 0 Å². The lowest BCUT2D eigenvalue weighted by Gasteiger charge is -2.08. The first kappa shape index (κ1) is 12.5. The van der Waals surface area contributed by atoms with Crippen LogP contribution in [-0.4, -0.2) is 9.55 Å². The van der Waals surface area contributed by atoms with E-state index in [-0.39, 0.29) is 0 Å². The molecule has 0 unspecified atom stereocenters. The maximum atomic E-state index is 6.18. The number of aromatic nitrogens is 2. The smallest absolute Gasteiger partial charge is 0.205 e. The van der Waals surface area contributed by atoms with Crippen LogP contribution in [0.4, 0.5) is 5.95 Å². The number of halogens is 2. The third kappa shape index (κ3) is 2.11. The maximum Gasteiger partial charge on any atom is 0.205 e. The molecule has 3 rings (SSSR count). The first-order chi connectivity index (χ1) is 9.06. The molecule has 2 aromatic carbocycles. The summed E-state index contributed by atoms with van der Waals surface area (Å²) in [4.78, 5) is 4.36. The monoisotopic (exact) mass is 335 g/mol. The van der Waals surface area contributed by atoms with Crippen LogP contribution in [0.3, 0.4) is 0 Å². The molecule has 0 amide bonds. The number of benzene rings is 2. The lowest BCUT2D eigenvalue weighted by molar-refractivity contribution is 1.11. The minimum Gasteiger partial charge on any atom is -0.369 e. The van der Waals surface area contributed by atoms with Crippen molar-refractivity contribution in [3.8, 4) is 5.69 Å². The number of rotatable bonds is 1. The number of imidazole rings is 1. The van der Waals surface area contributed by atoms with Gasteiger partial charge in [-0.1, -0.05) is 33.6 Å². The van der Waals surface area contributed by atoms with E-state index in [0.29, 0.717) is 11.0 Å². The Morgan fingerprint density at radius 1 is 1.21 bits per heavy atom. The predicted octanol–water partition coefficient (Wildman–Crippen LogP) is 4.33. The Hall–Kier alpha value is -1.52. The van der Waals surface area contributed by atoms with E-state index in [4.69, 9.17) is 17.3 Å². The molecule has 0 saturated heterocycles. The van der Waals surface area contributed by atoms with Gasteiger partial charge in [0.05, 0.1) is 16.7 Å². The Morgan fingerprint density at radius 3 is 2.74 bits per heavy atom. The summed E-state index contributed by atoms with van der Waals surface area (Å²) in [6, 6.07) is 11.7. The molecule has 0 bridgehead atoms. The number of nitrogens with two attached hydrogens (primary N) is 1. The Balaban J connectivity index is 2.31. The van der Waals surface area contributed by atoms with Gasteiger partial charge in [0.1, 0.15) is 0 Å². The number of hydrogen-bond donors (Lipinski definition) is 1. The fourth-order valence-electron chi connectivity index (χ4n) is 2.06. The predicted molar refractivity (Wildman–Crippen MR) is 82.9 cm³/mol. The molecule has 0 aliphatic rings. The highest BCUT2D eigenvalue weighted by atomic mass is 79.9. The molecule has 0 aliphatic heterocycles. The maximum absolute atomic E-state index is 6.18. The molecule has 0 spiro atoms. The second-order valence-corrected chi connectivity index (χ2v) is 5.69. The van der Waals surface area contributed by atoms with Crippen LogP contribution < -0.4 is 5.73 Å². The van der Waals surface area contributed by atoms with Gasteiger partial charge in [0.15, 0.2) is 0 Å². The summed E-state index contributed by atoms with van der Waals surface area (Å²) in [5.41, 5.74) is 9.77. The SMILES string of the molecule is Cc1ccc(-n2c(N)nc3ccc(Br)cc32)cc1Cl. The number of nitrogen functional groups attached to an aromatic ring is 1.